The molecule has 0 heterocycles. The molecule has 110 valence electrons. The summed E-state index contributed by atoms with van der Waals surface area (Å²) in [7, 11) is 1.47. The van der Waals surface area contributed by atoms with Gasteiger partial charge in [0.1, 0.15) is 5.75 Å². The highest BCUT2D eigenvalue weighted by Crippen LogP contribution is 2.29. The fraction of sp³-hybridized carbons (Fsp3) is 0.462. The van der Waals surface area contributed by atoms with Gasteiger partial charge >= 0.3 is 0 Å². The summed E-state index contributed by atoms with van der Waals surface area (Å²) in [5, 5.41) is 20.4. The summed E-state index contributed by atoms with van der Waals surface area (Å²) in [5.41, 5.74) is -0.402. The molecule has 1 amide bonds. The van der Waals surface area contributed by atoms with Crippen LogP contribution in [0.15, 0.2) is 18.2 Å². The topological polar surface area (TPSA) is 92.9 Å². The van der Waals surface area contributed by atoms with Crippen molar-refractivity contribution in [2.24, 2.45) is 0 Å². The van der Waals surface area contributed by atoms with Crippen LogP contribution in [0.3, 0.4) is 0 Å². The van der Waals surface area contributed by atoms with E-state index in [1.54, 1.807) is 6.92 Å². The number of nitrogens with zero attached hydrogens (tertiary/aromatic N) is 2. The zero-order valence-electron chi connectivity index (χ0n) is 11.7. The molecule has 1 aromatic carbocycles. The van der Waals surface area contributed by atoms with Gasteiger partial charge in [-0.05, 0) is 19.9 Å². The van der Waals surface area contributed by atoms with E-state index in [1.807, 2.05) is 0 Å². The van der Waals surface area contributed by atoms with Crippen LogP contribution in [0.25, 0.3) is 0 Å². The maximum absolute atomic E-state index is 12.3. The average molecular weight is 282 g/mol. The Hall–Kier alpha value is -2.15. The van der Waals surface area contributed by atoms with E-state index < -0.39 is 16.9 Å². The molecule has 0 aromatic heterocycles. The van der Waals surface area contributed by atoms with Crippen molar-refractivity contribution in [2.75, 3.05) is 20.2 Å². The summed E-state index contributed by atoms with van der Waals surface area (Å²) in [4.78, 5) is 24.0. The Kier molecular flexibility index (Phi) is 5.45. The van der Waals surface area contributed by atoms with Crippen LogP contribution in [0, 0.1) is 10.1 Å². The van der Waals surface area contributed by atoms with Gasteiger partial charge in [-0.3, -0.25) is 14.9 Å². The van der Waals surface area contributed by atoms with E-state index in [0.717, 1.165) is 0 Å². The van der Waals surface area contributed by atoms with E-state index in [9.17, 15) is 20.0 Å². The first-order chi connectivity index (χ1) is 9.38. The molecule has 1 rings (SSSR count). The molecule has 0 saturated carbocycles. The normalized spacial score (nSPS) is 11.8. The Labute approximate surface area is 116 Å². The minimum absolute atomic E-state index is 0.0798. The van der Waals surface area contributed by atoms with Crippen molar-refractivity contribution in [3.63, 3.8) is 0 Å². The van der Waals surface area contributed by atoms with E-state index in [1.165, 1.54) is 37.1 Å². The van der Waals surface area contributed by atoms with Crippen molar-refractivity contribution < 1.29 is 19.6 Å². The third-order valence-corrected chi connectivity index (χ3v) is 2.60. The van der Waals surface area contributed by atoms with Gasteiger partial charge in [0.25, 0.3) is 11.6 Å². The number of amides is 1. The van der Waals surface area contributed by atoms with E-state index in [2.05, 4.69) is 0 Å². The number of likely N-dealkylation sites (N-methyl/N-ethyl adjacent to an activating group) is 1. The van der Waals surface area contributed by atoms with Crippen LogP contribution in [0.2, 0.25) is 0 Å². The smallest absolute Gasteiger partial charge is 0.285 e. The van der Waals surface area contributed by atoms with Crippen LogP contribution in [0.5, 0.6) is 5.75 Å². The highest BCUT2D eigenvalue weighted by molar-refractivity contribution is 6.00. The SMILES string of the molecule is CCOc1cccc([N+](=O)[O-])c1C(=O)N(C)CC(C)O. The Bertz CT molecular complexity index is 502. The van der Waals surface area contributed by atoms with Crippen molar-refractivity contribution in [3.8, 4) is 5.75 Å². The third-order valence-electron chi connectivity index (χ3n) is 2.60. The molecule has 0 spiro atoms. The number of carbonyl (C=O) groups is 1. The van der Waals surface area contributed by atoms with Crippen molar-refractivity contribution in [1.82, 2.24) is 4.90 Å². The molecule has 1 unspecified atom stereocenters. The number of nitro benzene ring substituents is 1. The predicted octanol–water partition coefficient (Wildman–Crippen LogP) is 1.45. The standard InChI is InChI=1S/C13H18N2O5/c1-4-20-11-7-5-6-10(15(18)19)12(11)13(17)14(3)8-9(2)16/h5-7,9,16H,4,8H2,1-3H3. The number of hydrogen-bond acceptors (Lipinski definition) is 5. The molecule has 20 heavy (non-hydrogen) atoms. The van der Waals surface area contributed by atoms with E-state index in [-0.39, 0.29) is 23.5 Å². The molecule has 1 aromatic rings. The van der Waals surface area contributed by atoms with Gasteiger partial charge < -0.3 is 14.7 Å². The summed E-state index contributed by atoms with van der Waals surface area (Å²) in [5.74, 6) is -0.384. The van der Waals surface area contributed by atoms with Gasteiger partial charge in [0.05, 0.1) is 17.6 Å². The summed E-state index contributed by atoms with van der Waals surface area (Å²) in [6.07, 6.45) is -0.720. The zero-order valence-corrected chi connectivity index (χ0v) is 11.7. The maximum atomic E-state index is 12.3. The van der Waals surface area contributed by atoms with Crippen molar-refractivity contribution in [2.45, 2.75) is 20.0 Å². The molecule has 0 saturated heterocycles. The number of rotatable bonds is 6. The fourth-order valence-corrected chi connectivity index (χ4v) is 1.83. The molecule has 0 bridgehead atoms. The number of benzene rings is 1. The summed E-state index contributed by atoms with van der Waals surface area (Å²) in [6.45, 7) is 3.64. The Morgan fingerprint density at radius 1 is 1.55 bits per heavy atom. The number of aliphatic hydroxyl groups is 1. The second-order valence-corrected chi connectivity index (χ2v) is 4.38. The van der Waals surface area contributed by atoms with Crippen molar-refractivity contribution >= 4 is 11.6 Å². The van der Waals surface area contributed by atoms with Crippen LogP contribution < -0.4 is 4.74 Å². The van der Waals surface area contributed by atoms with Gasteiger partial charge in [0.15, 0.2) is 5.56 Å². The van der Waals surface area contributed by atoms with Crippen LogP contribution in [-0.2, 0) is 0 Å². The maximum Gasteiger partial charge on any atom is 0.285 e. The Morgan fingerprint density at radius 3 is 2.70 bits per heavy atom. The minimum Gasteiger partial charge on any atom is -0.493 e. The molecule has 1 atom stereocenters. The number of nitro groups is 1. The highest BCUT2D eigenvalue weighted by atomic mass is 16.6. The molecule has 0 radical (unpaired) electrons. The van der Waals surface area contributed by atoms with Crippen LogP contribution in [-0.4, -0.2) is 47.1 Å². The largest absolute Gasteiger partial charge is 0.493 e. The number of ether oxygens (including phenoxy) is 1. The Balaban J connectivity index is 3.25. The van der Waals surface area contributed by atoms with Crippen LogP contribution in [0.1, 0.15) is 24.2 Å². The second-order valence-electron chi connectivity index (χ2n) is 4.38. The molecule has 0 aliphatic rings. The van der Waals surface area contributed by atoms with E-state index in [0.29, 0.717) is 6.61 Å². The minimum atomic E-state index is -0.720. The van der Waals surface area contributed by atoms with Gasteiger partial charge in [-0.1, -0.05) is 6.07 Å². The lowest BCUT2D eigenvalue weighted by Gasteiger charge is -2.20. The monoisotopic (exact) mass is 282 g/mol. The lowest BCUT2D eigenvalue weighted by atomic mass is 10.1. The molecular weight excluding hydrogens is 264 g/mol. The number of aliphatic hydroxyl groups excluding tert-OH is 1. The number of hydrogen-bond donors (Lipinski definition) is 1. The van der Waals surface area contributed by atoms with E-state index in [4.69, 9.17) is 4.74 Å². The predicted molar refractivity (Wildman–Crippen MR) is 72.9 cm³/mol. The number of carbonyl (C=O) groups excluding carboxylic acids is 1. The average Bonchev–Trinajstić information content (AvgIpc) is 2.37. The van der Waals surface area contributed by atoms with Gasteiger partial charge in [-0.15, -0.1) is 0 Å². The molecule has 0 fully saturated rings. The lowest BCUT2D eigenvalue weighted by Crippen LogP contribution is -2.33. The summed E-state index contributed by atoms with van der Waals surface area (Å²) < 4.78 is 5.29. The first kappa shape index (κ1) is 15.9. The van der Waals surface area contributed by atoms with Crippen molar-refractivity contribution in [3.05, 3.63) is 33.9 Å². The molecular formula is C13H18N2O5. The van der Waals surface area contributed by atoms with Gasteiger partial charge in [-0.25, -0.2) is 0 Å². The van der Waals surface area contributed by atoms with Crippen LogP contribution >= 0.6 is 0 Å². The molecule has 7 nitrogen and oxygen atoms in total. The Morgan fingerprint density at radius 2 is 2.20 bits per heavy atom. The first-order valence-corrected chi connectivity index (χ1v) is 6.22. The fourth-order valence-electron chi connectivity index (χ4n) is 1.83. The van der Waals surface area contributed by atoms with E-state index >= 15 is 0 Å². The second kappa shape index (κ2) is 6.85. The molecule has 0 aliphatic heterocycles. The quantitative estimate of drug-likeness (QED) is 0.629. The summed E-state index contributed by atoms with van der Waals surface area (Å²) in [6, 6.07) is 4.24. The lowest BCUT2D eigenvalue weighted by molar-refractivity contribution is -0.385. The molecule has 0 aliphatic carbocycles. The van der Waals surface area contributed by atoms with Gasteiger partial charge in [0, 0.05) is 19.7 Å². The molecule has 1 N–H and O–H groups in total. The van der Waals surface area contributed by atoms with Crippen LogP contribution in [0.4, 0.5) is 5.69 Å². The first-order valence-electron chi connectivity index (χ1n) is 6.22. The zero-order chi connectivity index (χ0) is 15.3. The third kappa shape index (κ3) is 3.67. The summed E-state index contributed by atoms with van der Waals surface area (Å²) >= 11 is 0. The van der Waals surface area contributed by atoms with Gasteiger partial charge in [-0.2, -0.15) is 0 Å². The highest BCUT2D eigenvalue weighted by Gasteiger charge is 2.27. The molecule has 7 heteroatoms. The van der Waals surface area contributed by atoms with Gasteiger partial charge in [0.2, 0.25) is 0 Å². The van der Waals surface area contributed by atoms with Crippen molar-refractivity contribution in [1.29, 1.82) is 0 Å².